The number of aryl methyl sites for hydroxylation is 1. The number of benzene rings is 1. The van der Waals surface area contributed by atoms with Gasteiger partial charge in [-0.3, -0.25) is 9.69 Å². The average Bonchev–Trinajstić information content (AvgIpc) is 3.35. The number of hydrogen-bond donors (Lipinski definition) is 0. The highest BCUT2D eigenvalue weighted by molar-refractivity contribution is 7.22. The second kappa shape index (κ2) is 7.63. The molecule has 0 radical (unpaired) electrons. The highest BCUT2D eigenvalue weighted by atomic mass is 32.1. The van der Waals surface area contributed by atoms with Crippen molar-refractivity contribution >= 4 is 32.6 Å². The summed E-state index contributed by atoms with van der Waals surface area (Å²) in [5.74, 6) is 0.00141. The maximum atomic E-state index is 13.1. The zero-order valence-electron chi connectivity index (χ0n) is 14.8. The number of ether oxygens (including phenoxy) is 3. The van der Waals surface area contributed by atoms with Crippen LogP contribution in [-0.2, 0) is 25.4 Å². The third-order valence-electron chi connectivity index (χ3n) is 4.62. The number of amides is 1. The minimum absolute atomic E-state index is 0.0294. The van der Waals surface area contributed by atoms with Crippen molar-refractivity contribution in [1.82, 2.24) is 4.98 Å². The van der Waals surface area contributed by atoms with Gasteiger partial charge >= 0.3 is 0 Å². The molecular weight excluding hydrogens is 352 g/mol. The van der Waals surface area contributed by atoms with E-state index < -0.39 is 0 Å². The zero-order chi connectivity index (χ0) is 17.9. The van der Waals surface area contributed by atoms with Gasteiger partial charge in [-0.25, -0.2) is 4.98 Å². The molecule has 1 aromatic carbocycles. The maximum absolute atomic E-state index is 13.1. The number of para-hydroxylation sites is 1. The molecule has 2 aliphatic rings. The quantitative estimate of drug-likeness (QED) is 0.804. The van der Waals surface area contributed by atoms with Gasteiger partial charge in [-0.1, -0.05) is 30.4 Å². The average molecular weight is 374 g/mol. The fourth-order valence-electron chi connectivity index (χ4n) is 3.25. The van der Waals surface area contributed by atoms with Crippen molar-refractivity contribution in [2.75, 3.05) is 31.3 Å². The molecule has 3 heterocycles. The molecule has 1 atom stereocenters. The van der Waals surface area contributed by atoms with E-state index in [2.05, 4.69) is 13.0 Å². The molecule has 6 nitrogen and oxygen atoms in total. The van der Waals surface area contributed by atoms with Crippen LogP contribution in [0.15, 0.2) is 30.2 Å². The Balaban J connectivity index is 1.69. The molecule has 1 fully saturated rings. The van der Waals surface area contributed by atoms with Gasteiger partial charge in [-0.15, -0.1) is 0 Å². The number of carbonyl (C=O) groups is 1. The molecule has 0 saturated carbocycles. The van der Waals surface area contributed by atoms with E-state index in [1.165, 1.54) is 23.2 Å². The number of fused-ring (bicyclic) bond motifs is 1. The van der Waals surface area contributed by atoms with E-state index in [0.29, 0.717) is 24.9 Å². The number of carbonyl (C=O) groups excluding carboxylic acids is 1. The molecule has 138 valence electrons. The number of rotatable bonds is 5. The first kappa shape index (κ1) is 17.3. The Morgan fingerprint density at radius 2 is 2.27 bits per heavy atom. The summed E-state index contributed by atoms with van der Waals surface area (Å²) in [5, 5.41) is 0.677. The molecule has 2 aliphatic heterocycles. The van der Waals surface area contributed by atoms with Crippen LogP contribution >= 0.6 is 11.3 Å². The SMILES string of the molecule is CCc1cccc2sc(N(CC3CCCO3)C(=O)C3=COCCO3)nc12. The Labute approximate surface area is 156 Å². The number of thiazole rings is 1. The van der Waals surface area contributed by atoms with Crippen molar-refractivity contribution in [3.05, 3.63) is 35.8 Å². The van der Waals surface area contributed by atoms with Crippen molar-refractivity contribution < 1.29 is 19.0 Å². The Kier molecular flexibility index (Phi) is 5.08. The number of hydrogen-bond acceptors (Lipinski definition) is 6. The largest absolute Gasteiger partial charge is 0.494 e. The lowest BCUT2D eigenvalue weighted by Gasteiger charge is -2.25. The van der Waals surface area contributed by atoms with Crippen molar-refractivity contribution in [3.8, 4) is 0 Å². The van der Waals surface area contributed by atoms with Crippen LogP contribution in [0.4, 0.5) is 5.13 Å². The molecule has 0 aliphatic carbocycles. The lowest BCUT2D eigenvalue weighted by molar-refractivity contribution is -0.120. The van der Waals surface area contributed by atoms with Gasteiger partial charge in [-0.05, 0) is 30.9 Å². The van der Waals surface area contributed by atoms with Crippen LogP contribution in [0.3, 0.4) is 0 Å². The van der Waals surface area contributed by atoms with Gasteiger partial charge in [0.05, 0.1) is 22.9 Å². The highest BCUT2D eigenvalue weighted by Gasteiger charge is 2.30. The predicted octanol–water partition coefficient (Wildman–Crippen LogP) is 3.26. The Morgan fingerprint density at radius 1 is 1.35 bits per heavy atom. The van der Waals surface area contributed by atoms with E-state index in [4.69, 9.17) is 19.2 Å². The van der Waals surface area contributed by atoms with Gasteiger partial charge in [0.1, 0.15) is 19.5 Å². The molecule has 7 heteroatoms. The van der Waals surface area contributed by atoms with Crippen molar-refractivity contribution in [3.63, 3.8) is 0 Å². The smallest absolute Gasteiger partial charge is 0.298 e. The molecular formula is C19H22N2O4S. The minimum atomic E-state index is -0.225. The summed E-state index contributed by atoms with van der Waals surface area (Å²) >= 11 is 1.53. The van der Waals surface area contributed by atoms with Crippen LogP contribution in [0.1, 0.15) is 25.3 Å². The predicted molar refractivity (Wildman–Crippen MR) is 100 cm³/mol. The number of anilines is 1. The van der Waals surface area contributed by atoms with Crippen LogP contribution in [0.5, 0.6) is 0 Å². The third-order valence-corrected chi connectivity index (χ3v) is 5.66. The maximum Gasteiger partial charge on any atom is 0.298 e. The summed E-state index contributed by atoms with van der Waals surface area (Å²) in [6.45, 7) is 4.17. The lowest BCUT2D eigenvalue weighted by Crippen LogP contribution is -2.39. The van der Waals surface area contributed by atoms with Crippen molar-refractivity contribution in [1.29, 1.82) is 0 Å². The number of nitrogens with zero attached hydrogens (tertiary/aromatic N) is 2. The van der Waals surface area contributed by atoms with Crippen LogP contribution in [0, 0.1) is 0 Å². The van der Waals surface area contributed by atoms with Gasteiger partial charge in [0.25, 0.3) is 5.91 Å². The first-order valence-electron chi connectivity index (χ1n) is 9.02. The molecule has 2 aromatic rings. The molecule has 0 spiro atoms. The fraction of sp³-hybridized carbons (Fsp3) is 0.474. The molecule has 1 saturated heterocycles. The van der Waals surface area contributed by atoms with Crippen LogP contribution in [0.25, 0.3) is 10.2 Å². The topological polar surface area (TPSA) is 60.9 Å². The standard InChI is InChI=1S/C19H22N2O4S/c1-2-13-5-3-7-16-17(13)20-19(26-16)21(11-14-6-4-8-24-14)18(22)15-12-23-9-10-25-15/h3,5,7,12,14H,2,4,6,8-11H2,1H3. The molecule has 0 N–H and O–H groups in total. The van der Waals surface area contributed by atoms with Gasteiger partial charge in [-0.2, -0.15) is 0 Å². The Hall–Kier alpha value is -2.12. The fourth-order valence-corrected chi connectivity index (χ4v) is 4.27. The van der Waals surface area contributed by atoms with E-state index in [1.807, 2.05) is 12.1 Å². The Morgan fingerprint density at radius 3 is 3.00 bits per heavy atom. The second-order valence-corrected chi connectivity index (χ2v) is 7.38. The lowest BCUT2D eigenvalue weighted by atomic mass is 10.1. The normalized spacial score (nSPS) is 19.7. The first-order chi connectivity index (χ1) is 12.8. The molecule has 1 amide bonds. The first-order valence-corrected chi connectivity index (χ1v) is 9.84. The zero-order valence-corrected chi connectivity index (χ0v) is 15.6. The monoisotopic (exact) mass is 374 g/mol. The van der Waals surface area contributed by atoms with E-state index >= 15 is 0 Å². The van der Waals surface area contributed by atoms with Gasteiger partial charge < -0.3 is 14.2 Å². The summed E-state index contributed by atoms with van der Waals surface area (Å²) < 4.78 is 17.6. The Bertz CT molecular complexity index is 826. The highest BCUT2D eigenvalue weighted by Crippen LogP contribution is 2.32. The van der Waals surface area contributed by atoms with E-state index in [1.54, 1.807) is 4.90 Å². The molecule has 0 bridgehead atoms. The van der Waals surface area contributed by atoms with Gasteiger partial charge in [0.2, 0.25) is 5.76 Å². The van der Waals surface area contributed by atoms with Crippen molar-refractivity contribution in [2.24, 2.45) is 0 Å². The molecule has 1 unspecified atom stereocenters. The summed E-state index contributed by atoms with van der Waals surface area (Å²) in [6, 6.07) is 6.17. The van der Waals surface area contributed by atoms with E-state index in [-0.39, 0.29) is 17.8 Å². The summed E-state index contributed by atoms with van der Waals surface area (Å²) in [6.07, 6.45) is 4.31. The summed E-state index contributed by atoms with van der Waals surface area (Å²) in [5.41, 5.74) is 2.15. The molecule has 4 rings (SSSR count). The summed E-state index contributed by atoms with van der Waals surface area (Å²) in [4.78, 5) is 19.5. The molecule has 1 aromatic heterocycles. The molecule has 26 heavy (non-hydrogen) atoms. The third kappa shape index (κ3) is 3.41. The minimum Gasteiger partial charge on any atom is -0.494 e. The van der Waals surface area contributed by atoms with E-state index in [9.17, 15) is 4.79 Å². The second-order valence-electron chi connectivity index (χ2n) is 6.37. The van der Waals surface area contributed by atoms with E-state index in [0.717, 1.165) is 36.1 Å². The summed E-state index contributed by atoms with van der Waals surface area (Å²) in [7, 11) is 0. The van der Waals surface area contributed by atoms with Crippen LogP contribution in [-0.4, -0.2) is 43.4 Å². The van der Waals surface area contributed by atoms with Gasteiger partial charge in [0, 0.05) is 6.61 Å². The van der Waals surface area contributed by atoms with Crippen LogP contribution < -0.4 is 4.90 Å². The van der Waals surface area contributed by atoms with Crippen LogP contribution in [0.2, 0.25) is 0 Å². The van der Waals surface area contributed by atoms with Gasteiger partial charge in [0.15, 0.2) is 5.13 Å². The van der Waals surface area contributed by atoms with Crippen molar-refractivity contribution in [2.45, 2.75) is 32.3 Å². The number of aromatic nitrogens is 1.